The highest BCUT2D eigenvalue weighted by atomic mass is 19.4. The van der Waals surface area contributed by atoms with Crippen molar-refractivity contribution >= 4 is 5.97 Å². The first-order chi connectivity index (χ1) is 10.1. The van der Waals surface area contributed by atoms with Crippen molar-refractivity contribution in [1.82, 2.24) is 0 Å². The van der Waals surface area contributed by atoms with Crippen molar-refractivity contribution < 1.29 is 36.6 Å². The minimum atomic E-state index is -4.60. The number of rotatable bonds is 5. The Morgan fingerprint density at radius 3 is 2.23 bits per heavy atom. The van der Waals surface area contributed by atoms with E-state index in [2.05, 4.69) is 4.74 Å². The number of aliphatic hydroxyl groups is 1. The Kier molecular flexibility index (Phi) is 5.65. The molecular weight excluding hydrogens is 311 g/mol. The summed E-state index contributed by atoms with van der Waals surface area (Å²) in [6, 6.07) is 2.67. The molecule has 0 spiro atoms. The van der Waals surface area contributed by atoms with E-state index in [-0.39, 0.29) is 12.7 Å². The van der Waals surface area contributed by atoms with Crippen LogP contribution in [0.1, 0.15) is 24.2 Å². The zero-order valence-electron chi connectivity index (χ0n) is 11.4. The molecule has 0 aliphatic rings. The van der Waals surface area contributed by atoms with Gasteiger partial charge in [0, 0.05) is 6.08 Å². The maximum absolute atomic E-state index is 13.7. The van der Waals surface area contributed by atoms with E-state index >= 15 is 0 Å². The van der Waals surface area contributed by atoms with Crippen molar-refractivity contribution in [2.75, 3.05) is 6.61 Å². The van der Waals surface area contributed by atoms with Gasteiger partial charge in [-0.2, -0.15) is 22.0 Å². The number of hydrogen-bond acceptors (Lipinski definition) is 3. The van der Waals surface area contributed by atoms with Crippen molar-refractivity contribution in [2.45, 2.75) is 25.1 Å². The molecule has 1 aromatic rings. The highest BCUT2D eigenvalue weighted by molar-refractivity contribution is 5.82. The zero-order chi connectivity index (χ0) is 17.0. The molecule has 1 aromatic carbocycles. The summed E-state index contributed by atoms with van der Waals surface area (Å²) in [5.41, 5.74) is -1.43. The first-order valence-corrected chi connectivity index (χ1v) is 6.17. The van der Waals surface area contributed by atoms with Crippen LogP contribution >= 0.6 is 0 Å². The van der Waals surface area contributed by atoms with Gasteiger partial charge in [-0.15, -0.1) is 0 Å². The van der Waals surface area contributed by atoms with Crippen molar-refractivity contribution in [3.8, 4) is 0 Å². The van der Waals surface area contributed by atoms with Crippen LogP contribution in [0.25, 0.3) is 0 Å². The maximum atomic E-state index is 13.7. The third-order valence-electron chi connectivity index (χ3n) is 2.65. The molecule has 0 bridgehead atoms. The van der Waals surface area contributed by atoms with Gasteiger partial charge in [-0.3, -0.25) is 0 Å². The van der Waals surface area contributed by atoms with E-state index in [1.807, 2.05) is 0 Å². The van der Waals surface area contributed by atoms with Gasteiger partial charge in [-0.05, 0) is 30.7 Å². The Bertz CT molecular complexity index is 534. The molecule has 0 aliphatic carbocycles. The molecule has 22 heavy (non-hydrogen) atoms. The summed E-state index contributed by atoms with van der Waals surface area (Å²) in [7, 11) is 0. The second-order valence-electron chi connectivity index (χ2n) is 4.28. The molecule has 122 valence electrons. The fourth-order valence-corrected chi connectivity index (χ4v) is 1.54. The van der Waals surface area contributed by atoms with E-state index in [4.69, 9.17) is 0 Å². The van der Waals surface area contributed by atoms with Crippen LogP contribution in [0.5, 0.6) is 0 Å². The topological polar surface area (TPSA) is 46.5 Å². The predicted molar refractivity (Wildman–Crippen MR) is 67.1 cm³/mol. The summed E-state index contributed by atoms with van der Waals surface area (Å²) in [4.78, 5) is 11.0. The molecule has 1 N–H and O–H groups in total. The molecule has 8 heteroatoms. The number of carbonyl (C=O) groups excluding carboxylic acids is 1. The first-order valence-electron chi connectivity index (χ1n) is 6.17. The molecule has 0 fully saturated rings. The predicted octanol–water partition coefficient (Wildman–Crippen LogP) is 3.49. The van der Waals surface area contributed by atoms with Gasteiger partial charge < -0.3 is 9.84 Å². The van der Waals surface area contributed by atoms with Gasteiger partial charge >= 0.3 is 12.1 Å². The summed E-state index contributed by atoms with van der Waals surface area (Å²) >= 11 is 0. The minimum absolute atomic E-state index is 0.00377. The molecule has 0 saturated heterocycles. The number of ether oxygens (including phenoxy) is 1. The number of carbonyl (C=O) groups is 1. The van der Waals surface area contributed by atoms with Crippen LogP contribution in [0.2, 0.25) is 0 Å². The molecular formula is C14H13F5O3. The number of halogens is 5. The molecule has 0 aliphatic heterocycles. The quantitative estimate of drug-likeness (QED) is 0.512. The van der Waals surface area contributed by atoms with E-state index in [0.29, 0.717) is 18.2 Å². The van der Waals surface area contributed by atoms with Gasteiger partial charge in [0.2, 0.25) is 0 Å². The Morgan fingerprint density at radius 1 is 1.23 bits per heavy atom. The molecule has 0 heterocycles. The van der Waals surface area contributed by atoms with Crippen molar-refractivity contribution in [3.63, 3.8) is 0 Å². The number of benzene rings is 1. The molecule has 1 rings (SSSR count). The Hall–Kier alpha value is -1.96. The average molecular weight is 324 g/mol. The summed E-state index contributed by atoms with van der Waals surface area (Å²) in [5.74, 6) is -4.85. The van der Waals surface area contributed by atoms with Gasteiger partial charge in [0.1, 0.15) is 6.10 Å². The monoisotopic (exact) mass is 324 g/mol. The highest BCUT2D eigenvalue weighted by Gasteiger charge is 2.37. The van der Waals surface area contributed by atoms with E-state index in [1.165, 1.54) is 6.92 Å². The van der Waals surface area contributed by atoms with Crippen LogP contribution in [-0.4, -0.2) is 23.6 Å². The van der Waals surface area contributed by atoms with Gasteiger partial charge in [0.25, 0.3) is 5.92 Å². The summed E-state index contributed by atoms with van der Waals surface area (Å²) in [6.07, 6.45) is -6.39. The molecule has 1 unspecified atom stereocenters. The fraction of sp³-hybridized carbons (Fsp3) is 0.357. The van der Waals surface area contributed by atoms with E-state index < -0.39 is 35.3 Å². The Morgan fingerprint density at radius 2 is 1.77 bits per heavy atom. The van der Waals surface area contributed by atoms with Gasteiger partial charge in [-0.25, -0.2) is 4.79 Å². The third kappa shape index (κ3) is 4.80. The van der Waals surface area contributed by atoms with Crippen LogP contribution in [0.15, 0.2) is 36.4 Å². The van der Waals surface area contributed by atoms with Gasteiger partial charge in [0.15, 0.2) is 0 Å². The lowest BCUT2D eigenvalue weighted by molar-refractivity contribution is -0.138. The van der Waals surface area contributed by atoms with Gasteiger partial charge in [-0.1, -0.05) is 12.1 Å². The number of aliphatic hydroxyl groups excluding tert-OH is 1. The van der Waals surface area contributed by atoms with Crippen LogP contribution in [0.4, 0.5) is 22.0 Å². The molecule has 0 saturated carbocycles. The fourth-order valence-electron chi connectivity index (χ4n) is 1.54. The molecule has 0 aromatic heterocycles. The van der Waals surface area contributed by atoms with Gasteiger partial charge in [0.05, 0.1) is 12.2 Å². The van der Waals surface area contributed by atoms with Crippen LogP contribution in [0, 0.1) is 0 Å². The zero-order valence-corrected chi connectivity index (χ0v) is 11.4. The summed E-state index contributed by atoms with van der Waals surface area (Å²) in [5, 5.41) is 9.55. The van der Waals surface area contributed by atoms with Crippen LogP contribution in [-0.2, 0) is 15.7 Å². The average Bonchev–Trinajstić information content (AvgIpc) is 2.44. The molecule has 0 radical (unpaired) electrons. The first kappa shape index (κ1) is 18.1. The van der Waals surface area contributed by atoms with Crippen molar-refractivity contribution in [2.24, 2.45) is 0 Å². The molecule has 3 nitrogen and oxygen atoms in total. The second kappa shape index (κ2) is 6.87. The van der Waals surface area contributed by atoms with Crippen molar-refractivity contribution in [1.29, 1.82) is 0 Å². The Labute approximate surface area is 123 Å². The standard InChI is InChI=1S/C14H13F5O3/c1-2-22-11(20)7-8-13(15,16)12(21)9-3-5-10(6-4-9)14(17,18)19/h3-8,12,21H,2H2,1H3/b8-7+. The number of hydrogen-bond donors (Lipinski definition) is 1. The SMILES string of the molecule is CCOC(=O)/C=C/C(F)(F)C(O)c1ccc(C(F)(F)F)cc1. The lowest BCUT2D eigenvalue weighted by atomic mass is 10.0. The lowest BCUT2D eigenvalue weighted by Gasteiger charge is -2.20. The minimum Gasteiger partial charge on any atom is -0.463 e. The number of esters is 1. The number of alkyl halides is 5. The smallest absolute Gasteiger partial charge is 0.416 e. The summed E-state index contributed by atoms with van der Waals surface area (Å²) in [6.45, 7) is 1.48. The van der Waals surface area contributed by atoms with E-state index in [1.54, 1.807) is 0 Å². The third-order valence-corrected chi connectivity index (χ3v) is 2.65. The van der Waals surface area contributed by atoms with E-state index in [9.17, 15) is 31.9 Å². The summed E-state index contributed by atoms with van der Waals surface area (Å²) < 4.78 is 68.8. The second-order valence-corrected chi connectivity index (χ2v) is 4.28. The van der Waals surface area contributed by atoms with Crippen LogP contribution < -0.4 is 0 Å². The van der Waals surface area contributed by atoms with Crippen LogP contribution in [0.3, 0.4) is 0 Å². The lowest BCUT2D eigenvalue weighted by Crippen LogP contribution is -2.24. The van der Waals surface area contributed by atoms with E-state index in [0.717, 1.165) is 12.1 Å². The van der Waals surface area contributed by atoms with Crippen molar-refractivity contribution in [3.05, 3.63) is 47.5 Å². The normalized spacial score (nSPS) is 14.1. The molecule has 1 atom stereocenters. The largest absolute Gasteiger partial charge is 0.463 e. The molecule has 0 amide bonds. The Balaban J connectivity index is 2.89. The highest BCUT2D eigenvalue weighted by Crippen LogP contribution is 2.35. The maximum Gasteiger partial charge on any atom is 0.416 e.